The number of nitrogens with zero attached hydrogens (tertiary/aromatic N) is 2. The van der Waals surface area contributed by atoms with Crippen molar-refractivity contribution >= 4 is 17.2 Å². The van der Waals surface area contributed by atoms with Crippen LogP contribution in [0.2, 0.25) is 0 Å². The lowest BCUT2D eigenvalue weighted by atomic mass is 10.2. The predicted octanol–water partition coefficient (Wildman–Crippen LogP) is 2.92. The number of thiophene rings is 1. The van der Waals surface area contributed by atoms with Crippen molar-refractivity contribution < 1.29 is 4.79 Å². The number of hydrogen-bond acceptors (Lipinski definition) is 3. The summed E-state index contributed by atoms with van der Waals surface area (Å²) >= 11 is 1.63. The molecule has 0 bridgehead atoms. The molecule has 2 aromatic rings. The lowest BCUT2D eigenvalue weighted by Gasteiger charge is -2.15. The molecule has 0 atom stereocenters. The molecule has 2 heterocycles. The molecule has 0 aromatic carbocycles. The zero-order valence-corrected chi connectivity index (χ0v) is 12.1. The first-order valence-corrected chi connectivity index (χ1v) is 7.47. The number of amides is 1. The van der Waals surface area contributed by atoms with Gasteiger partial charge in [0.2, 0.25) is 5.91 Å². The van der Waals surface area contributed by atoms with Gasteiger partial charge in [-0.3, -0.25) is 4.79 Å². The minimum absolute atomic E-state index is 0.0458. The zero-order valence-electron chi connectivity index (χ0n) is 11.3. The summed E-state index contributed by atoms with van der Waals surface area (Å²) in [5.74, 6) is 0.902. The summed E-state index contributed by atoms with van der Waals surface area (Å²) in [6.07, 6.45) is 5.51. The van der Waals surface area contributed by atoms with E-state index in [1.165, 1.54) is 0 Å². The van der Waals surface area contributed by atoms with E-state index in [1.807, 2.05) is 28.3 Å². The summed E-state index contributed by atoms with van der Waals surface area (Å²) in [5, 5.41) is 5.06. The Balaban J connectivity index is 2.04. The monoisotopic (exact) mass is 277 g/mol. The SMILES string of the molecule is CCC(CC)NC(=O)Cn1ccnc1-c1cccs1. The third-order valence-electron chi connectivity index (χ3n) is 3.12. The van der Waals surface area contributed by atoms with Crippen molar-refractivity contribution in [1.29, 1.82) is 0 Å². The van der Waals surface area contributed by atoms with Crippen LogP contribution in [0.15, 0.2) is 29.9 Å². The van der Waals surface area contributed by atoms with Gasteiger partial charge in [0.25, 0.3) is 0 Å². The largest absolute Gasteiger partial charge is 0.352 e. The van der Waals surface area contributed by atoms with Crippen molar-refractivity contribution in [3.05, 3.63) is 29.9 Å². The molecule has 0 spiro atoms. The van der Waals surface area contributed by atoms with Crippen molar-refractivity contribution in [3.8, 4) is 10.7 Å². The average molecular weight is 277 g/mol. The molecule has 0 radical (unpaired) electrons. The van der Waals surface area contributed by atoms with Gasteiger partial charge in [-0.25, -0.2) is 4.98 Å². The van der Waals surface area contributed by atoms with E-state index >= 15 is 0 Å². The Kier molecular flexibility index (Phi) is 4.74. The number of nitrogens with one attached hydrogen (secondary N) is 1. The Morgan fingerprint density at radius 2 is 2.26 bits per heavy atom. The van der Waals surface area contributed by atoms with Crippen LogP contribution in [0.4, 0.5) is 0 Å². The molecule has 4 nitrogen and oxygen atoms in total. The predicted molar refractivity (Wildman–Crippen MR) is 78.1 cm³/mol. The van der Waals surface area contributed by atoms with Gasteiger partial charge in [0.15, 0.2) is 0 Å². The molecule has 0 unspecified atom stereocenters. The number of aromatic nitrogens is 2. The molecule has 0 aliphatic heterocycles. The van der Waals surface area contributed by atoms with E-state index in [2.05, 4.69) is 24.1 Å². The molecular weight excluding hydrogens is 258 g/mol. The Morgan fingerprint density at radius 3 is 2.89 bits per heavy atom. The molecule has 5 heteroatoms. The van der Waals surface area contributed by atoms with Gasteiger partial charge in [-0.05, 0) is 24.3 Å². The van der Waals surface area contributed by atoms with Gasteiger partial charge >= 0.3 is 0 Å². The summed E-state index contributed by atoms with van der Waals surface area (Å²) < 4.78 is 1.89. The molecule has 1 amide bonds. The van der Waals surface area contributed by atoms with Gasteiger partial charge in [-0.15, -0.1) is 11.3 Å². The van der Waals surface area contributed by atoms with Gasteiger partial charge < -0.3 is 9.88 Å². The van der Waals surface area contributed by atoms with Crippen molar-refractivity contribution in [2.24, 2.45) is 0 Å². The highest BCUT2D eigenvalue weighted by atomic mass is 32.1. The number of imidazole rings is 1. The fourth-order valence-electron chi connectivity index (χ4n) is 1.99. The van der Waals surface area contributed by atoms with Crippen LogP contribution < -0.4 is 5.32 Å². The van der Waals surface area contributed by atoms with Crippen LogP contribution in [0.5, 0.6) is 0 Å². The minimum atomic E-state index is 0.0458. The molecule has 2 rings (SSSR count). The smallest absolute Gasteiger partial charge is 0.240 e. The molecule has 1 N–H and O–H groups in total. The molecule has 19 heavy (non-hydrogen) atoms. The Morgan fingerprint density at radius 1 is 1.47 bits per heavy atom. The molecule has 0 saturated heterocycles. The molecule has 102 valence electrons. The molecular formula is C14H19N3OS. The zero-order chi connectivity index (χ0) is 13.7. The quantitative estimate of drug-likeness (QED) is 0.882. The number of carbonyl (C=O) groups excluding carboxylic acids is 1. The van der Waals surface area contributed by atoms with Crippen molar-refractivity contribution in [2.75, 3.05) is 0 Å². The van der Waals surface area contributed by atoms with E-state index in [1.54, 1.807) is 17.5 Å². The second-order valence-electron chi connectivity index (χ2n) is 4.44. The highest BCUT2D eigenvalue weighted by Gasteiger charge is 2.12. The van der Waals surface area contributed by atoms with E-state index in [9.17, 15) is 4.79 Å². The second kappa shape index (κ2) is 6.52. The molecule has 2 aromatic heterocycles. The van der Waals surface area contributed by atoms with Crippen LogP contribution in [-0.4, -0.2) is 21.5 Å². The van der Waals surface area contributed by atoms with Gasteiger partial charge in [-0.2, -0.15) is 0 Å². The maximum Gasteiger partial charge on any atom is 0.240 e. The highest BCUT2D eigenvalue weighted by Crippen LogP contribution is 2.22. The second-order valence-corrected chi connectivity index (χ2v) is 5.38. The number of carbonyl (C=O) groups is 1. The summed E-state index contributed by atoms with van der Waals surface area (Å²) in [4.78, 5) is 17.4. The lowest BCUT2D eigenvalue weighted by Crippen LogP contribution is -2.36. The van der Waals surface area contributed by atoms with Crippen LogP contribution in [0.25, 0.3) is 10.7 Å². The van der Waals surface area contributed by atoms with Crippen molar-refractivity contribution in [1.82, 2.24) is 14.9 Å². The van der Waals surface area contributed by atoms with Crippen LogP contribution >= 0.6 is 11.3 Å². The molecule has 0 saturated carbocycles. The van der Waals surface area contributed by atoms with E-state index < -0.39 is 0 Å². The first-order valence-electron chi connectivity index (χ1n) is 6.59. The summed E-state index contributed by atoms with van der Waals surface area (Å²) in [6, 6.07) is 4.27. The average Bonchev–Trinajstić information content (AvgIpc) is 3.05. The third kappa shape index (κ3) is 3.44. The van der Waals surface area contributed by atoms with E-state index in [-0.39, 0.29) is 11.9 Å². The lowest BCUT2D eigenvalue weighted by molar-refractivity contribution is -0.122. The topological polar surface area (TPSA) is 46.9 Å². The normalized spacial score (nSPS) is 10.9. The van der Waals surface area contributed by atoms with Gasteiger partial charge in [0.1, 0.15) is 12.4 Å². The Hall–Kier alpha value is -1.62. The van der Waals surface area contributed by atoms with Crippen LogP contribution in [0.1, 0.15) is 26.7 Å². The van der Waals surface area contributed by atoms with Crippen LogP contribution in [0, 0.1) is 0 Å². The van der Waals surface area contributed by atoms with Gasteiger partial charge in [0.05, 0.1) is 4.88 Å². The minimum Gasteiger partial charge on any atom is -0.352 e. The van der Waals surface area contributed by atoms with E-state index in [4.69, 9.17) is 0 Å². The fourth-order valence-corrected chi connectivity index (χ4v) is 2.72. The van der Waals surface area contributed by atoms with Crippen molar-refractivity contribution in [2.45, 2.75) is 39.3 Å². The Labute approximate surface area is 117 Å². The first-order chi connectivity index (χ1) is 9.24. The third-order valence-corrected chi connectivity index (χ3v) is 3.99. The maximum atomic E-state index is 12.0. The fraction of sp³-hybridized carbons (Fsp3) is 0.429. The van der Waals surface area contributed by atoms with Crippen LogP contribution in [0.3, 0.4) is 0 Å². The summed E-state index contributed by atoms with van der Waals surface area (Å²) in [5.41, 5.74) is 0. The van der Waals surface area contributed by atoms with E-state index in [0.717, 1.165) is 23.5 Å². The maximum absolute atomic E-state index is 12.0. The Bertz CT molecular complexity index is 515. The van der Waals surface area contributed by atoms with E-state index in [0.29, 0.717) is 6.54 Å². The van der Waals surface area contributed by atoms with Gasteiger partial charge in [0, 0.05) is 18.4 Å². The molecule has 0 fully saturated rings. The first kappa shape index (κ1) is 13.8. The van der Waals surface area contributed by atoms with Gasteiger partial charge in [-0.1, -0.05) is 19.9 Å². The number of hydrogen-bond donors (Lipinski definition) is 1. The number of rotatable bonds is 6. The summed E-state index contributed by atoms with van der Waals surface area (Å²) in [7, 11) is 0. The molecule has 0 aliphatic carbocycles. The standard InChI is InChI=1S/C14H19N3OS/c1-3-11(4-2)16-13(18)10-17-8-7-15-14(17)12-6-5-9-19-12/h5-9,11H,3-4,10H2,1-2H3,(H,16,18). The molecule has 0 aliphatic rings. The van der Waals surface area contributed by atoms with Crippen molar-refractivity contribution in [3.63, 3.8) is 0 Å². The summed E-state index contributed by atoms with van der Waals surface area (Å²) in [6.45, 7) is 4.50. The van der Waals surface area contributed by atoms with Crippen LogP contribution in [-0.2, 0) is 11.3 Å². The highest BCUT2D eigenvalue weighted by molar-refractivity contribution is 7.13.